The molecule has 86 valence electrons. The van der Waals surface area contributed by atoms with Crippen molar-refractivity contribution in [2.24, 2.45) is 17.3 Å². The maximum Gasteiger partial charge on any atom is 0.637 e. The molecule has 0 aromatic rings. The molecule has 5 heteroatoms. The molecule has 4 atom stereocenters. The Bertz CT molecular complexity index is 286. The molecule has 4 fully saturated rings. The largest absolute Gasteiger partial charge is 0.637 e. The fourth-order valence-corrected chi connectivity index (χ4v) is 3.84. The van der Waals surface area contributed by atoms with Crippen LogP contribution in [0.15, 0.2) is 0 Å². The zero-order valence-electron chi connectivity index (χ0n) is 9.40. The van der Waals surface area contributed by atoms with E-state index in [2.05, 4.69) is 20.8 Å². The van der Waals surface area contributed by atoms with Crippen molar-refractivity contribution in [3.63, 3.8) is 0 Å². The van der Waals surface area contributed by atoms with Crippen LogP contribution in [0.1, 0.15) is 33.6 Å². The van der Waals surface area contributed by atoms with Crippen LogP contribution in [0, 0.1) is 17.3 Å². The molecule has 0 aromatic carbocycles. The molecule has 0 unspecified atom stereocenters. The minimum Gasteiger partial charge on any atom is -0.402 e. The lowest BCUT2D eigenvalue weighted by Gasteiger charge is -2.64. The van der Waals surface area contributed by atoms with Crippen LogP contribution >= 0.6 is 12.4 Å². The highest BCUT2D eigenvalue weighted by Gasteiger charge is 2.68. The van der Waals surface area contributed by atoms with Gasteiger partial charge in [0.15, 0.2) is 0 Å². The van der Waals surface area contributed by atoms with Crippen LogP contribution in [0.3, 0.4) is 0 Å². The molecule has 4 aliphatic rings. The van der Waals surface area contributed by atoms with Gasteiger partial charge in [0.25, 0.3) is 0 Å². The van der Waals surface area contributed by atoms with Crippen LogP contribution in [0.25, 0.3) is 0 Å². The fraction of sp³-hybridized carbons (Fsp3) is 1.00. The van der Waals surface area contributed by atoms with Gasteiger partial charge in [0, 0.05) is 0 Å². The molecule has 3 nitrogen and oxygen atoms in total. The SMILES string of the molecule is CC1(C)[C@@H]2C[C@H]3OB(O)O[C@@]3(C)[C@H]1C2.Cl. The summed E-state index contributed by atoms with van der Waals surface area (Å²) in [6.07, 6.45) is 2.38. The Hall–Kier alpha value is 0.235. The molecule has 0 radical (unpaired) electrons. The Morgan fingerprint density at radius 2 is 1.93 bits per heavy atom. The van der Waals surface area contributed by atoms with Gasteiger partial charge in [-0.2, -0.15) is 0 Å². The predicted molar refractivity (Wildman–Crippen MR) is 59.6 cm³/mol. The molecule has 0 aromatic heterocycles. The molecular formula is C10H18BClO3. The van der Waals surface area contributed by atoms with E-state index in [0.29, 0.717) is 11.3 Å². The van der Waals surface area contributed by atoms with E-state index in [9.17, 15) is 5.02 Å². The number of rotatable bonds is 0. The van der Waals surface area contributed by atoms with Crippen LogP contribution in [0.4, 0.5) is 0 Å². The summed E-state index contributed by atoms with van der Waals surface area (Å²) in [5.74, 6) is 1.29. The second-order valence-corrected chi connectivity index (χ2v) is 5.78. The first-order valence-corrected chi connectivity index (χ1v) is 5.46. The average Bonchev–Trinajstić information content (AvgIpc) is 2.37. The van der Waals surface area contributed by atoms with E-state index >= 15 is 0 Å². The van der Waals surface area contributed by atoms with Gasteiger partial charge in [-0.05, 0) is 37.0 Å². The van der Waals surface area contributed by atoms with Crippen molar-refractivity contribution >= 4 is 19.7 Å². The minimum absolute atomic E-state index is 0. The highest BCUT2D eigenvalue weighted by Crippen LogP contribution is 2.65. The average molecular weight is 233 g/mol. The fourth-order valence-electron chi connectivity index (χ4n) is 3.84. The van der Waals surface area contributed by atoms with Crippen molar-refractivity contribution in [2.45, 2.75) is 45.3 Å². The lowest BCUT2D eigenvalue weighted by Crippen LogP contribution is -2.65. The molecule has 3 saturated carbocycles. The quantitative estimate of drug-likeness (QED) is 0.645. The van der Waals surface area contributed by atoms with Crippen molar-refractivity contribution in [1.29, 1.82) is 0 Å². The lowest BCUT2D eigenvalue weighted by atomic mass is 9.43. The summed E-state index contributed by atoms with van der Waals surface area (Å²) in [6.45, 7) is 6.71. The van der Waals surface area contributed by atoms with E-state index in [1.54, 1.807) is 0 Å². The number of hydrogen-bond donors (Lipinski definition) is 1. The minimum atomic E-state index is -1.000. The molecule has 2 bridgehead atoms. The lowest BCUT2D eigenvalue weighted by molar-refractivity contribution is -0.199. The molecule has 4 rings (SSSR count). The van der Waals surface area contributed by atoms with Gasteiger partial charge in [-0.1, -0.05) is 13.8 Å². The molecule has 1 saturated heterocycles. The maximum absolute atomic E-state index is 9.39. The summed E-state index contributed by atoms with van der Waals surface area (Å²) in [6, 6.07) is 0. The molecule has 3 aliphatic carbocycles. The topological polar surface area (TPSA) is 38.7 Å². The smallest absolute Gasteiger partial charge is 0.402 e. The Labute approximate surface area is 97.1 Å². The van der Waals surface area contributed by atoms with Crippen molar-refractivity contribution in [3.05, 3.63) is 0 Å². The maximum atomic E-state index is 9.39. The Kier molecular flexibility index (Phi) is 2.44. The van der Waals surface area contributed by atoms with Crippen LogP contribution in [-0.4, -0.2) is 24.1 Å². The molecule has 1 aliphatic heterocycles. The number of hydrogen-bond acceptors (Lipinski definition) is 3. The standard InChI is InChI=1S/C10H17BO3.ClH/c1-9(2)6-4-7(9)10(3)8(5-6)13-11(12)14-10;/h6-8,12H,4-5H2,1-3H3;1H/t6-,7-,8+,10-;/m0./s1. The molecular weight excluding hydrogens is 214 g/mol. The second-order valence-electron chi connectivity index (χ2n) is 5.78. The van der Waals surface area contributed by atoms with Crippen molar-refractivity contribution in [1.82, 2.24) is 0 Å². The van der Waals surface area contributed by atoms with E-state index in [1.807, 2.05) is 0 Å². The third kappa shape index (κ3) is 1.25. The third-order valence-electron chi connectivity index (χ3n) is 4.94. The summed E-state index contributed by atoms with van der Waals surface area (Å²) in [5, 5.41) is 9.39. The van der Waals surface area contributed by atoms with Gasteiger partial charge < -0.3 is 14.3 Å². The summed E-state index contributed by atoms with van der Waals surface area (Å²) >= 11 is 0. The highest BCUT2D eigenvalue weighted by molar-refractivity contribution is 6.35. The summed E-state index contributed by atoms with van der Waals surface area (Å²) < 4.78 is 11.0. The van der Waals surface area contributed by atoms with Crippen molar-refractivity contribution in [2.75, 3.05) is 0 Å². The Balaban J connectivity index is 0.000000853. The zero-order valence-corrected chi connectivity index (χ0v) is 10.2. The van der Waals surface area contributed by atoms with E-state index < -0.39 is 7.32 Å². The third-order valence-corrected chi connectivity index (χ3v) is 4.94. The molecule has 0 amide bonds. The highest BCUT2D eigenvalue weighted by atomic mass is 35.5. The Morgan fingerprint density at radius 3 is 2.53 bits per heavy atom. The monoisotopic (exact) mass is 232 g/mol. The van der Waals surface area contributed by atoms with Gasteiger partial charge in [-0.3, -0.25) is 0 Å². The van der Waals surface area contributed by atoms with Gasteiger partial charge in [0.2, 0.25) is 0 Å². The van der Waals surface area contributed by atoms with E-state index in [1.165, 1.54) is 6.42 Å². The number of halogens is 1. The van der Waals surface area contributed by atoms with Crippen molar-refractivity contribution < 1.29 is 14.3 Å². The molecule has 1 heterocycles. The first kappa shape index (κ1) is 11.7. The summed E-state index contributed by atoms with van der Waals surface area (Å²) in [5.41, 5.74) is 0.107. The molecule has 0 spiro atoms. The van der Waals surface area contributed by atoms with Gasteiger partial charge >= 0.3 is 7.32 Å². The van der Waals surface area contributed by atoms with Gasteiger partial charge in [-0.15, -0.1) is 12.4 Å². The van der Waals surface area contributed by atoms with Crippen LogP contribution in [0.5, 0.6) is 0 Å². The first-order valence-electron chi connectivity index (χ1n) is 5.46. The van der Waals surface area contributed by atoms with Crippen molar-refractivity contribution in [3.8, 4) is 0 Å². The van der Waals surface area contributed by atoms with E-state index in [0.717, 1.165) is 12.3 Å². The predicted octanol–water partition coefficient (Wildman–Crippen LogP) is 1.63. The summed E-state index contributed by atoms with van der Waals surface area (Å²) in [7, 11) is -1.000. The van der Waals surface area contributed by atoms with Gasteiger partial charge in [0.1, 0.15) is 0 Å². The van der Waals surface area contributed by atoms with Gasteiger partial charge in [-0.25, -0.2) is 0 Å². The van der Waals surface area contributed by atoms with Crippen LogP contribution < -0.4 is 0 Å². The normalized spacial score (nSPS) is 50.4. The Morgan fingerprint density at radius 1 is 1.27 bits per heavy atom. The van der Waals surface area contributed by atoms with Crippen LogP contribution in [0.2, 0.25) is 0 Å². The van der Waals surface area contributed by atoms with Crippen LogP contribution in [-0.2, 0) is 9.31 Å². The zero-order chi connectivity index (χ0) is 10.1. The van der Waals surface area contributed by atoms with E-state index in [4.69, 9.17) is 9.31 Å². The van der Waals surface area contributed by atoms with Gasteiger partial charge in [0.05, 0.1) is 11.7 Å². The summed E-state index contributed by atoms with van der Waals surface area (Å²) in [4.78, 5) is 0. The molecule has 15 heavy (non-hydrogen) atoms. The first-order chi connectivity index (χ1) is 6.44. The molecule has 1 N–H and O–H groups in total. The van der Waals surface area contributed by atoms with E-state index in [-0.39, 0.29) is 24.1 Å². The second kappa shape index (κ2) is 3.13.